The van der Waals surface area contributed by atoms with Crippen molar-refractivity contribution in [1.29, 1.82) is 0 Å². The Kier molecular flexibility index (Phi) is 4.73. The molecule has 0 saturated carbocycles. The molecule has 0 aliphatic rings. The van der Waals surface area contributed by atoms with E-state index >= 15 is 0 Å². The largest absolute Gasteiger partial charge is 0.394 e. The highest BCUT2D eigenvalue weighted by molar-refractivity contribution is 5.18. The lowest BCUT2D eigenvalue weighted by Gasteiger charge is -2.03. The first-order valence-corrected chi connectivity index (χ1v) is 3.72. The molecule has 0 aliphatic carbocycles. The van der Waals surface area contributed by atoms with Gasteiger partial charge in [0.05, 0.1) is 0 Å². The molecule has 0 amide bonds. The smallest absolute Gasteiger partial charge is 0.00277 e. The molecule has 0 bridgehead atoms. The van der Waals surface area contributed by atoms with Crippen LogP contribution in [0.4, 0.5) is 0 Å². The van der Waals surface area contributed by atoms with Crippen LogP contribution in [0.3, 0.4) is 0 Å². The summed E-state index contributed by atoms with van der Waals surface area (Å²) >= 11 is 0. The van der Waals surface area contributed by atoms with E-state index in [9.17, 15) is 0 Å². The Morgan fingerprint density at radius 1 is 1.40 bits per heavy atom. The summed E-state index contributed by atoms with van der Waals surface area (Å²) in [5.74, 6) is 0.620. The van der Waals surface area contributed by atoms with Gasteiger partial charge in [-0.05, 0) is 30.7 Å². The van der Waals surface area contributed by atoms with Crippen LogP contribution in [0, 0.1) is 5.92 Å². The van der Waals surface area contributed by atoms with E-state index in [1.165, 1.54) is 5.57 Å². The van der Waals surface area contributed by atoms with Crippen molar-refractivity contribution in [2.45, 2.75) is 20.8 Å². The molecule has 0 heterocycles. The first kappa shape index (κ1) is 9.28. The fourth-order valence-electron chi connectivity index (χ4n) is 0.802. The lowest BCUT2D eigenvalue weighted by molar-refractivity contribution is 0.788. The summed E-state index contributed by atoms with van der Waals surface area (Å²) in [6.07, 6.45) is 6.19. The molecule has 0 aromatic heterocycles. The van der Waals surface area contributed by atoms with Crippen LogP contribution in [0.1, 0.15) is 20.8 Å². The SMILES string of the molecule is C/C=C(\C=C/NC)C(C)C. The molecule has 1 N–H and O–H groups in total. The zero-order chi connectivity index (χ0) is 7.98. The Hall–Kier alpha value is -0.720. The van der Waals surface area contributed by atoms with Crippen molar-refractivity contribution < 1.29 is 0 Å². The zero-order valence-corrected chi connectivity index (χ0v) is 7.31. The lowest BCUT2D eigenvalue weighted by Crippen LogP contribution is -1.95. The van der Waals surface area contributed by atoms with Gasteiger partial charge in [0.1, 0.15) is 0 Å². The van der Waals surface area contributed by atoms with Crippen LogP contribution in [-0.2, 0) is 0 Å². The standard InChI is InChI=1S/C9H17N/c1-5-9(8(2)3)6-7-10-4/h5-8,10H,1-4H3/b7-6-,9-5+. The molecule has 1 nitrogen and oxygen atoms in total. The van der Waals surface area contributed by atoms with E-state index in [4.69, 9.17) is 0 Å². The van der Waals surface area contributed by atoms with Crippen molar-refractivity contribution in [3.8, 4) is 0 Å². The fourth-order valence-corrected chi connectivity index (χ4v) is 0.802. The van der Waals surface area contributed by atoms with E-state index in [0.717, 1.165) is 0 Å². The maximum Gasteiger partial charge on any atom is 0.00277 e. The second-order valence-corrected chi connectivity index (χ2v) is 2.57. The van der Waals surface area contributed by atoms with Crippen molar-refractivity contribution in [3.63, 3.8) is 0 Å². The van der Waals surface area contributed by atoms with Gasteiger partial charge in [-0.3, -0.25) is 0 Å². The molecule has 0 rings (SSSR count). The average Bonchev–Trinajstić information content (AvgIpc) is 1.89. The van der Waals surface area contributed by atoms with Crippen molar-refractivity contribution in [3.05, 3.63) is 23.9 Å². The van der Waals surface area contributed by atoms with Crippen molar-refractivity contribution in [1.82, 2.24) is 5.32 Å². The predicted octanol–water partition coefficient (Wildman–Crippen LogP) is 2.32. The van der Waals surface area contributed by atoms with Crippen molar-refractivity contribution in [2.24, 2.45) is 5.92 Å². The van der Waals surface area contributed by atoms with Crippen molar-refractivity contribution >= 4 is 0 Å². The molecular formula is C9H17N. The Bertz CT molecular complexity index is 132. The van der Waals surface area contributed by atoms with Gasteiger partial charge in [0.15, 0.2) is 0 Å². The summed E-state index contributed by atoms with van der Waals surface area (Å²) in [5.41, 5.74) is 1.37. The Balaban J connectivity index is 3.98. The fraction of sp³-hybridized carbons (Fsp3) is 0.556. The van der Waals surface area contributed by atoms with Crippen LogP contribution in [0.25, 0.3) is 0 Å². The number of rotatable bonds is 3. The Labute approximate surface area is 63.8 Å². The molecule has 0 fully saturated rings. The van der Waals surface area contributed by atoms with Gasteiger partial charge in [-0.2, -0.15) is 0 Å². The third kappa shape index (κ3) is 3.33. The highest BCUT2D eigenvalue weighted by atomic mass is 14.8. The molecule has 0 radical (unpaired) electrons. The normalized spacial score (nSPS) is 13.1. The molecule has 10 heavy (non-hydrogen) atoms. The van der Waals surface area contributed by atoms with E-state index < -0.39 is 0 Å². The van der Waals surface area contributed by atoms with Gasteiger partial charge in [-0.15, -0.1) is 0 Å². The molecule has 58 valence electrons. The summed E-state index contributed by atoms with van der Waals surface area (Å²) in [4.78, 5) is 0. The van der Waals surface area contributed by atoms with Crippen molar-refractivity contribution in [2.75, 3.05) is 7.05 Å². The highest BCUT2D eigenvalue weighted by Crippen LogP contribution is 2.09. The number of allylic oxidation sites excluding steroid dienone is 3. The van der Waals surface area contributed by atoms with Gasteiger partial charge in [0.25, 0.3) is 0 Å². The topological polar surface area (TPSA) is 12.0 Å². The summed E-state index contributed by atoms with van der Waals surface area (Å²) in [6.45, 7) is 6.44. The molecule has 0 aromatic rings. The average molecular weight is 139 g/mol. The lowest BCUT2D eigenvalue weighted by atomic mass is 10.0. The van der Waals surface area contributed by atoms with Gasteiger partial charge in [0, 0.05) is 7.05 Å². The summed E-state index contributed by atoms with van der Waals surface area (Å²) in [6, 6.07) is 0. The molecule has 0 aliphatic heterocycles. The first-order valence-electron chi connectivity index (χ1n) is 3.72. The van der Waals surface area contributed by atoms with Crippen LogP contribution >= 0.6 is 0 Å². The second-order valence-electron chi connectivity index (χ2n) is 2.57. The van der Waals surface area contributed by atoms with Gasteiger partial charge < -0.3 is 5.32 Å². The van der Waals surface area contributed by atoms with Crippen LogP contribution in [0.15, 0.2) is 23.9 Å². The predicted molar refractivity (Wildman–Crippen MR) is 46.8 cm³/mol. The minimum absolute atomic E-state index is 0.620. The molecule has 0 spiro atoms. The van der Waals surface area contributed by atoms with Crippen LogP contribution in [0.5, 0.6) is 0 Å². The Morgan fingerprint density at radius 3 is 2.30 bits per heavy atom. The van der Waals surface area contributed by atoms with Crippen LogP contribution in [-0.4, -0.2) is 7.05 Å². The number of nitrogens with one attached hydrogen (secondary N) is 1. The van der Waals surface area contributed by atoms with Crippen LogP contribution < -0.4 is 5.32 Å². The van der Waals surface area contributed by atoms with E-state index in [-0.39, 0.29) is 0 Å². The summed E-state index contributed by atoms with van der Waals surface area (Å²) in [5, 5.41) is 2.97. The van der Waals surface area contributed by atoms with E-state index in [0.29, 0.717) is 5.92 Å². The van der Waals surface area contributed by atoms with Crippen LogP contribution in [0.2, 0.25) is 0 Å². The number of hydrogen-bond acceptors (Lipinski definition) is 1. The van der Waals surface area contributed by atoms with Gasteiger partial charge >= 0.3 is 0 Å². The zero-order valence-electron chi connectivity index (χ0n) is 7.31. The Morgan fingerprint density at radius 2 is 2.00 bits per heavy atom. The third-order valence-corrected chi connectivity index (χ3v) is 1.44. The molecule has 0 saturated heterocycles. The first-order chi connectivity index (χ1) is 4.72. The summed E-state index contributed by atoms with van der Waals surface area (Å²) in [7, 11) is 1.91. The van der Waals surface area contributed by atoms with E-state index in [1.807, 2.05) is 13.2 Å². The van der Waals surface area contributed by atoms with E-state index in [1.54, 1.807) is 0 Å². The van der Waals surface area contributed by atoms with Gasteiger partial charge in [-0.25, -0.2) is 0 Å². The molecule has 0 atom stereocenters. The monoisotopic (exact) mass is 139 g/mol. The van der Waals surface area contributed by atoms with Gasteiger partial charge in [0.2, 0.25) is 0 Å². The highest BCUT2D eigenvalue weighted by Gasteiger charge is 1.94. The molecule has 1 heteroatoms. The van der Waals surface area contributed by atoms with E-state index in [2.05, 4.69) is 38.2 Å². The number of hydrogen-bond donors (Lipinski definition) is 1. The molecule has 0 unspecified atom stereocenters. The minimum atomic E-state index is 0.620. The molecule has 0 aromatic carbocycles. The van der Waals surface area contributed by atoms with Gasteiger partial charge in [-0.1, -0.05) is 19.9 Å². The molecular weight excluding hydrogens is 122 g/mol. The third-order valence-electron chi connectivity index (χ3n) is 1.44. The second kappa shape index (κ2) is 5.10. The minimum Gasteiger partial charge on any atom is -0.394 e. The summed E-state index contributed by atoms with van der Waals surface area (Å²) < 4.78 is 0. The quantitative estimate of drug-likeness (QED) is 0.592. The maximum absolute atomic E-state index is 2.97. The maximum atomic E-state index is 2.97.